The summed E-state index contributed by atoms with van der Waals surface area (Å²) in [5.74, 6) is 2.67. The number of nitrogens with one attached hydrogen (secondary N) is 1. The number of carbonyl (C=O) groups is 1. The van der Waals surface area contributed by atoms with Crippen LogP contribution in [0.2, 0.25) is 0 Å². The average Bonchev–Trinajstić information content (AvgIpc) is 2.32. The first-order valence-corrected chi connectivity index (χ1v) is 6.08. The van der Waals surface area contributed by atoms with Crippen LogP contribution in [0.4, 0.5) is 0 Å². The monoisotopic (exact) mass is 224 g/mol. The van der Waals surface area contributed by atoms with Crippen molar-refractivity contribution in [2.45, 2.75) is 46.0 Å². The van der Waals surface area contributed by atoms with Crippen LogP contribution in [0.3, 0.4) is 0 Å². The van der Waals surface area contributed by atoms with Crippen molar-refractivity contribution < 1.29 is 4.79 Å². The van der Waals surface area contributed by atoms with Crippen molar-refractivity contribution in [3.63, 3.8) is 0 Å². The van der Waals surface area contributed by atoms with Gasteiger partial charge in [0.05, 0.1) is 5.41 Å². The van der Waals surface area contributed by atoms with Crippen LogP contribution in [0, 0.1) is 17.8 Å². The largest absolute Gasteiger partial charge is 0.356 e. The predicted molar refractivity (Wildman–Crippen MR) is 67.8 cm³/mol. The van der Waals surface area contributed by atoms with Gasteiger partial charge in [0.2, 0.25) is 5.91 Å². The van der Waals surface area contributed by atoms with Gasteiger partial charge in [-0.15, -0.1) is 12.3 Å². The lowest BCUT2D eigenvalue weighted by atomic mass is 9.81. The van der Waals surface area contributed by atoms with Crippen molar-refractivity contribution >= 4 is 5.91 Å². The number of amides is 1. The molecule has 0 radical (unpaired) electrons. The fraction of sp³-hybridized carbons (Fsp3) is 0.769. The molecule has 0 aromatic heterocycles. The lowest BCUT2D eigenvalue weighted by Crippen LogP contribution is -2.45. The van der Waals surface area contributed by atoms with Crippen LogP contribution in [0.15, 0.2) is 0 Å². The summed E-state index contributed by atoms with van der Waals surface area (Å²) in [7, 11) is 0. The second-order valence-electron chi connectivity index (χ2n) is 4.11. The zero-order valence-corrected chi connectivity index (χ0v) is 10.5. The standard InChI is InChI=1S/C13H24N2O/c1-4-7-8-9-10-15-12(16)13(5-2,6-3)11-14/h1H,5-11,14H2,2-3H3,(H,15,16). The van der Waals surface area contributed by atoms with Crippen molar-refractivity contribution in [1.29, 1.82) is 0 Å². The molecule has 0 aliphatic heterocycles. The minimum Gasteiger partial charge on any atom is -0.356 e. The van der Waals surface area contributed by atoms with Crippen molar-refractivity contribution in [2.24, 2.45) is 11.1 Å². The highest BCUT2D eigenvalue weighted by Gasteiger charge is 2.32. The number of hydrogen-bond acceptors (Lipinski definition) is 2. The number of unbranched alkanes of at least 4 members (excludes halogenated alkanes) is 2. The fourth-order valence-corrected chi connectivity index (χ4v) is 1.69. The smallest absolute Gasteiger partial charge is 0.227 e. The average molecular weight is 224 g/mol. The SMILES string of the molecule is C#CCCCCNC(=O)C(CC)(CC)CN. The van der Waals surface area contributed by atoms with Crippen molar-refractivity contribution in [2.75, 3.05) is 13.1 Å². The Hall–Kier alpha value is -1.01. The third kappa shape index (κ3) is 4.24. The summed E-state index contributed by atoms with van der Waals surface area (Å²) in [6, 6.07) is 0. The molecule has 3 nitrogen and oxygen atoms in total. The summed E-state index contributed by atoms with van der Waals surface area (Å²) in [6.45, 7) is 5.13. The van der Waals surface area contributed by atoms with E-state index < -0.39 is 0 Å². The highest BCUT2D eigenvalue weighted by Crippen LogP contribution is 2.24. The first-order chi connectivity index (χ1) is 7.66. The highest BCUT2D eigenvalue weighted by molar-refractivity contribution is 5.82. The maximum Gasteiger partial charge on any atom is 0.227 e. The number of nitrogens with two attached hydrogens (primary N) is 1. The zero-order valence-electron chi connectivity index (χ0n) is 10.5. The van der Waals surface area contributed by atoms with Crippen LogP contribution in [0.25, 0.3) is 0 Å². The van der Waals surface area contributed by atoms with Gasteiger partial charge in [0.15, 0.2) is 0 Å². The topological polar surface area (TPSA) is 55.1 Å². The minimum atomic E-state index is -0.383. The molecule has 3 N–H and O–H groups in total. The molecule has 0 fully saturated rings. The van der Waals surface area contributed by atoms with Gasteiger partial charge in [0.1, 0.15) is 0 Å². The Labute approximate surface area is 99.2 Å². The van der Waals surface area contributed by atoms with Crippen LogP contribution < -0.4 is 11.1 Å². The van der Waals surface area contributed by atoms with Gasteiger partial charge in [0, 0.05) is 19.5 Å². The van der Waals surface area contributed by atoms with Gasteiger partial charge < -0.3 is 11.1 Å². The van der Waals surface area contributed by atoms with Crippen molar-refractivity contribution in [1.82, 2.24) is 5.32 Å². The van der Waals surface area contributed by atoms with E-state index in [1.54, 1.807) is 0 Å². The molecule has 0 heterocycles. The molecule has 0 aromatic rings. The fourth-order valence-electron chi connectivity index (χ4n) is 1.69. The Morgan fingerprint density at radius 2 is 2.00 bits per heavy atom. The summed E-state index contributed by atoms with van der Waals surface area (Å²) < 4.78 is 0. The highest BCUT2D eigenvalue weighted by atomic mass is 16.2. The molecule has 0 saturated heterocycles. The third-order valence-corrected chi connectivity index (χ3v) is 3.26. The van der Waals surface area contributed by atoms with Gasteiger partial charge >= 0.3 is 0 Å². The Balaban J connectivity index is 3.99. The summed E-state index contributed by atoms with van der Waals surface area (Å²) in [5.41, 5.74) is 5.31. The first kappa shape index (κ1) is 15.0. The molecule has 0 aliphatic rings. The molecule has 92 valence electrons. The van der Waals surface area contributed by atoms with Crippen LogP contribution in [0.1, 0.15) is 46.0 Å². The van der Waals surface area contributed by atoms with Gasteiger partial charge in [-0.3, -0.25) is 4.79 Å². The van der Waals surface area contributed by atoms with E-state index in [9.17, 15) is 4.79 Å². The minimum absolute atomic E-state index is 0.0840. The van der Waals surface area contributed by atoms with E-state index in [1.165, 1.54) is 0 Å². The van der Waals surface area contributed by atoms with E-state index in [2.05, 4.69) is 11.2 Å². The lowest BCUT2D eigenvalue weighted by Gasteiger charge is -2.28. The van der Waals surface area contributed by atoms with E-state index in [0.29, 0.717) is 13.1 Å². The third-order valence-electron chi connectivity index (χ3n) is 3.26. The van der Waals surface area contributed by atoms with Gasteiger partial charge in [-0.1, -0.05) is 13.8 Å². The van der Waals surface area contributed by atoms with Crippen LogP contribution in [-0.4, -0.2) is 19.0 Å². The normalized spacial score (nSPS) is 10.9. The van der Waals surface area contributed by atoms with Gasteiger partial charge in [-0.25, -0.2) is 0 Å². The molecule has 0 spiro atoms. The van der Waals surface area contributed by atoms with Crippen LogP contribution in [-0.2, 0) is 4.79 Å². The summed E-state index contributed by atoms with van der Waals surface area (Å²) >= 11 is 0. The van der Waals surface area contributed by atoms with Gasteiger partial charge in [-0.2, -0.15) is 0 Å². The Kier molecular flexibility index (Phi) is 7.66. The molecule has 0 rings (SSSR count). The number of hydrogen-bond donors (Lipinski definition) is 2. The molecule has 0 aromatic carbocycles. The summed E-state index contributed by atoms with van der Waals surface area (Å²) in [4.78, 5) is 12.0. The van der Waals surface area contributed by atoms with Crippen LogP contribution in [0.5, 0.6) is 0 Å². The zero-order chi connectivity index (χ0) is 12.4. The van der Waals surface area contributed by atoms with E-state index >= 15 is 0 Å². The van der Waals surface area contributed by atoms with E-state index in [-0.39, 0.29) is 11.3 Å². The van der Waals surface area contributed by atoms with Gasteiger partial charge in [0.25, 0.3) is 0 Å². The Morgan fingerprint density at radius 1 is 1.38 bits per heavy atom. The molecule has 0 aliphatic carbocycles. The molecule has 3 heteroatoms. The van der Waals surface area contributed by atoms with E-state index in [0.717, 1.165) is 32.1 Å². The number of rotatable bonds is 8. The lowest BCUT2D eigenvalue weighted by molar-refractivity contribution is -0.131. The second kappa shape index (κ2) is 8.18. The Bertz CT molecular complexity index is 231. The maximum absolute atomic E-state index is 12.0. The van der Waals surface area contributed by atoms with Crippen LogP contribution >= 0.6 is 0 Å². The van der Waals surface area contributed by atoms with E-state index in [1.807, 2.05) is 13.8 Å². The molecule has 0 bridgehead atoms. The first-order valence-electron chi connectivity index (χ1n) is 6.08. The Morgan fingerprint density at radius 3 is 2.44 bits per heavy atom. The van der Waals surface area contributed by atoms with Crippen molar-refractivity contribution in [3.05, 3.63) is 0 Å². The maximum atomic E-state index is 12.0. The molecule has 0 saturated carbocycles. The summed E-state index contributed by atoms with van der Waals surface area (Å²) in [6.07, 6.45) is 9.40. The van der Waals surface area contributed by atoms with Gasteiger partial charge in [-0.05, 0) is 25.7 Å². The molecule has 0 atom stereocenters. The number of terminal acetylenes is 1. The molecular formula is C13H24N2O. The quantitative estimate of drug-likeness (QED) is 0.487. The predicted octanol–water partition coefficient (Wildman–Crippen LogP) is 1.67. The van der Waals surface area contributed by atoms with Crippen molar-refractivity contribution in [3.8, 4) is 12.3 Å². The number of carbonyl (C=O) groups excluding carboxylic acids is 1. The van der Waals surface area contributed by atoms with E-state index in [4.69, 9.17) is 12.2 Å². The molecule has 0 unspecified atom stereocenters. The second-order valence-corrected chi connectivity index (χ2v) is 4.11. The molecule has 16 heavy (non-hydrogen) atoms. The molecular weight excluding hydrogens is 200 g/mol. The molecule has 1 amide bonds. The summed E-state index contributed by atoms with van der Waals surface area (Å²) in [5, 5.41) is 2.95.